The van der Waals surface area contributed by atoms with Crippen LogP contribution >= 0.6 is 11.6 Å². The number of nitrogens with zero attached hydrogens (tertiary/aromatic N) is 5. The van der Waals surface area contributed by atoms with E-state index >= 15 is 0 Å². The van der Waals surface area contributed by atoms with Crippen molar-refractivity contribution >= 4 is 28.4 Å². The van der Waals surface area contributed by atoms with Crippen LogP contribution in [0.5, 0.6) is 5.75 Å². The molecule has 1 atom stereocenters. The Morgan fingerprint density at radius 2 is 1.79 bits per heavy atom. The molecule has 1 unspecified atom stereocenters. The summed E-state index contributed by atoms with van der Waals surface area (Å²) in [6.07, 6.45) is 1.91. The molecule has 0 aliphatic rings. The fourth-order valence-electron chi connectivity index (χ4n) is 4.63. The van der Waals surface area contributed by atoms with Gasteiger partial charge >= 0.3 is 6.43 Å². The molecule has 0 fully saturated rings. The molecule has 5 aromatic rings. The molecule has 0 bridgehead atoms. The molecule has 13 heteroatoms. The van der Waals surface area contributed by atoms with Crippen molar-refractivity contribution in [2.45, 2.75) is 25.3 Å². The first-order chi connectivity index (χ1) is 20.3. The number of ether oxygens (including phenoxy) is 2. The topological polar surface area (TPSA) is 122 Å². The molecule has 3 heterocycles. The highest BCUT2D eigenvalue weighted by Crippen LogP contribution is 2.38. The highest BCUT2D eigenvalue weighted by Gasteiger charge is 2.26. The summed E-state index contributed by atoms with van der Waals surface area (Å²) in [4.78, 5) is 35.7. The fourth-order valence-corrected chi connectivity index (χ4v) is 4.80. The van der Waals surface area contributed by atoms with Gasteiger partial charge < -0.3 is 18.5 Å². The molecule has 0 aliphatic heterocycles. The zero-order chi connectivity index (χ0) is 29.8. The van der Waals surface area contributed by atoms with Crippen LogP contribution in [-0.4, -0.2) is 51.3 Å². The van der Waals surface area contributed by atoms with Crippen LogP contribution in [0.2, 0.25) is 5.02 Å². The average molecular weight is 596 g/mol. The number of pyridine rings is 1. The molecule has 0 N–H and O–H groups in total. The second-order valence-electron chi connectivity index (χ2n) is 9.26. The van der Waals surface area contributed by atoms with E-state index in [1.165, 1.54) is 49.2 Å². The first-order valence-electron chi connectivity index (χ1n) is 12.7. The maximum atomic E-state index is 13.6. The quantitative estimate of drug-likeness (QED) is 0.195. The lowest BCUT2D eigenvalue weighted by Crippen LogP contribution is -2.31. The highest BCUT2D eigenvalue weighted by atomic mass is 35.5. The molecule has 5 rings (SSSR count). The smallest absolute Gasteiger partial charge is 0.314 e. The Hall–Kier alpha value is -4.55. The van der Waals surface area contributed by atoms with E-state index in [2.05, 4.69) is 20.2 Å². The second-order valence-corrected chi connectivity index (χ2v) is 9.69. The summed E-state index contributed by atoms with van der Waals surface area (Å²) in [5.41, 5.74) is 2.46. The molecule has 0 aliphatic carbocycles. The van der Waals surface area contributed by atoms with Crippen LogP contribution < -0.4 is 10.3 Å². The number of halogens is 3. The van der Waals surface area contributed by atoms with Crippen molar-refractivity contribution in [2.75, 3.05) is 20.8 Å². The molecular formula is C29H24ClF2N5O5. The molecule has 0 saturated heterocycles. The molecule has 10 nitrogen and oxygen atoms in total. The lowest BCUT2D eigenvalue weighted by molar-refractivity contribution is -0.122. The van der Waals surface area contributed by atoms with Gasteiger partial charge in [-0.3, -0.25) is 19.6 Å². The Kier molecular flexibility index (Phi) is 8.64. The van der Waals surface area contributed by atoms with Gasteiger partial charge in [0.25, 0.3) is 11.4 Å². The standard InChI is InChI=1S/C29H24ClF2N5O5/c1-40-10-7-23(24(38)12-16-3-6-21-22(11-16)34-9-8-33-21)37-15-25(41-2)20(14-26(37)39)19-13-17(30)4-5-18(19)28-35-36-29(42-28)27(31)32/h3-6,8-9,11,13-15,23,27H,7,10,12H2,1-2H3. The van der Waals surface area contributed by atoms with E-state index in [4.69, 9.17) is 25.5 Å². The number of aromatic nitrogens is 5. The van der Waals surface area contributed by atoms with Crippen LogP contribution in [0, 0.1) is 0 Å². The molecule has 0 radical (unpaired) electrons. The Balaban J connectivity index is 1.54. The van der Waals surface area contributed by atoms with Crippen molar-refractivity contribution in [3.05, 3.63) is 87.9 Å². The van der Waals surface area contributed by atoms with E-state index in [-0.39, 0.29) is 42.4 Å². The van der Waals surface area contributed by atoms with Crippen molar-refractivity contribution < 1.29 is 27.5 Å². The summed E-state index contributed by atoms with van der Waals surface area (Å²) < 4.78 is 43.5. The number of methoxy groups -OCH3 is 2. The number of rotatable bonds is 11. The van der Waals surface area contributed by atoms with Gasteiger partial charge in [-0.05, 0) is 47.9 Å². The lowest BCUT2D eigenvalue weighted by Gasteiger charge is -2.21. The van der Waals surface area contributed by atoms with Crippen LogP contribution in [0.1, 0.15) is 30.3 Å². The molecule has 42 heavy (non-hydrogen) atoms. The van der Waals surface area contributed by atoms with Gasteiger partial charge in [-0.15, -0.1) is 10.2 Å². The van der Waals surface area contributed by atoms with E-state index in [0.29, 0.717) is 27.2 Å². The average Bonchev–Trinajstić information content (AvgIpc) is 3.48. The largest absolute Gasteiger partial charge is 0.495 e. The zero-order valence-corrected chi connectivity index (χ0v) is 23.2. The van der Waals surface area contributed by atoms with Crippen LogP contribution in [0.15, 0.2) is 70.3 Å². The monoisotopic (exact) mass is 595 g/mol. The molecule has 216 valence electrons. The normalized spacial score (nSPS) is 12.1. The van der Waals surface area contributed by atoms with Crippen molar-refractivity contribution in [1.29, 1.82) is 0 Å². The first-order valence-corrected chi connectivity index (χ1v) is 13.1. The number of hydrogen-bond donors (Lipinski definition) is 0. The van der Waals surface area contributed by atoms with Gasteiger partial charge in [-0.25, -0.2) is 0 Å². The number of fused-ring (bicyclic) bond motifs is 1. The lowest BCUT2D eigenvalue weighted by atomic mass is 9.98. The molecule has 0 saturated carbocycles. The third-order valence-electron chi connectivity index (χ3n) is 6.61. The van der Waals surface area contributed by atoms with Crippen LogP contribution in [-0.2, 0) is 16.0 Å². The maximum absolute atomic E-state index is 13.6. The minimum Gasteiger partial charge on any atom is -0.495 e. The summed E-state index contributed by atoms with van der Waals surface area (Å²) >= 11 is 6.26. The van der Waals surface area contributed by atoms with Gasteiger partial charge in [-0.1, -0.05) is 17.7 Å². The number of alkyl halides is 2. The number of Topliss-reactive ketones (excluding diaryl/α,β-unsaturated/α-hetero) is 1. The number of hydrogen-bond acceptors (Lipinski definition) is 9. The third-order valence-corrected chi connectivity index (χ3v) is 6.84. The summed E-state index contributed by atoms with van der Waals surface area (Å²) in [6.45, 7) is 0.220. The zero-order valence-electron chi connectivity index (χ0n) is 22.5. The summed E-state index contributed by atoms with van der Waals surface area (Å²) in [7, 11) is 2.91. The van der Waals surface area contributed by atoms with Gasteiger partial charge in [0.2, 0.25) is 5.89 Å². The summed E-state index contributed by atoms with van der Waals surface area (Å²) in [5.74, 6) is -1.02. The number of carbonyl (C=O) groups is 1. The van der Waals surface area contributed by atoms with Gasteiger partial charge in [0.05, 0.1) is 30.4 Å². The summed E-state index contributed by atoms with van der Waals surface area (Å²) in [6, 6.07) is 10.4. The predicted molar refractivity (Wildman–Crippen MR) is 150 cm³/mol. The van der Waals surface area contributed by atoms with Gasteiger partial charge in [0, 0.05) is 54.7 Å². The Labute approximate surface area is 242 Å². The van der Waals surface area contributed by atoms with Crippen molar-refractivity contribution in [3.63, 3.8) is 0 Å². The van der Waals surface area contributed by atoms with Gasteiger partial charge in [0.15, 0.2) is 5.78 Å². The number of carbonyl (C=O) groups excluding carboxylic acids is 1. The van der Waals surface area contributed by atoms with Gasteiger partial charge in [0.1, 0.15) is 5.75 Å². The number of ketones is 1. The van der Waals surface area contributed by atoms with Crippen LogP contribution in [0.4, 0.5) is 8.78 Å². The molecule has 0 spiro atoms. The molecule has 3 aromatic heterocycles. The van der Waals surface area contributed by atoms with E-state index < -0.39 is 23.9 Å². The van der Waals surface area contributed by atoms with Crippen molar-refractivity contribution in [1.82, 2.24) is 24.7 Å². The molecular weight excluding hydrogens is 572 g/mol. The SMILES string of the molecule is COCCC(C(=O)Cc1ccc2nccnc2c1)n1cc(OC)c(-c2cc(Cl)ccc2-c2nnc(C(F)F)o2)cc1=O. The van der Waals surface area contributed by atoms with Gasteiger partial charge in [-0.2, -0.15) is 8.78 Å². The Morgan fingerprint density at radius 1 is 1.00 bits per heavy atom. The molecule has 2 aromatic carbocycles. The van der Waals surface area contributed by atoms with E-state index in [1.54, 1.807) is 30.6 Å². The Morgan fingerprint density at radius 3 is 2.50 bits per heavy atom. The Bertz CT molecular complexity index is 1810. The van der Waals surface area contributed by atoms with E-state index in [1.807, 2.05) is 0 Å². The summed E-state index contributed by atoms with van der Waals surface area (Å²) in [5, 5.41) is 7.43. The third kappa shape index (κ3) is 6.04. The van der Waals surface area contributed by atoms with E-state index in [0.717, 1.165) is 5.56 Å². The number of benzene rings is 2. The predicted octanol–water partition coefficient (Wildman–Crippen LogP) is 5.50. The second kappa shape index (κ2) is 12.5. The van der Waals surface area contributed by atoms with Crippen LogP contribution in [0.3, 0.4) is 0 Å². The first kappa shape index (κ1) is 29.0. The van der Waals surface area contributed by atoms with E-state index in [9.17, 15) is 18.4 Å². The van der Waals surface area contributed by atoms with Crippen LogP contribution in [0.25, 0.3) is 33.6 Å². The maximum Gasteiger partial charge on any atom is 0.314 e. The minimum absolute atomic E-state index is 0.0411. The minimum atomic E-state index is -2.95. The highest BCUT2D eigenvalue weighted by molar-refractivity contribution is 6.31. The molecule has 0 amide bonds. The fraction of sp³-hybridized carbons (Fsp3) is 0.241. The van der Waals surface area contributed by atoms with Crippen molar-refractivity contribution in [3.8, 4) is 28.3 Å². The van der Waals surface area contributed by atoms with Crippen molar-refractivity contribution in [2.24, 2.45) is 0 Å².